The lowest BCUT2D eigenvalue weighted by Gasteiger charge is -2.40. The third-order valence-electron chi connectivity index (χ3n) is 4.06. The maximum absolute atomic E-state index is 11.8. The van der Waals surface area contributed by atoms with Crippen molar-refractivity contribution in [3.05, 3.63) is 11.1 Å². The molecule has 0 radical (unpaired) electrons. The number of hydrogen-bond donors (Lipinski definition) is 3. The number of carbonyl (C=O) groups is 1. The zero-order valence-electron chi connectivity index (χ0n) is 12.1. The van der Waals surface area contributed by atoms with Gasteiger partial charge in [-0.15, -0.1) is 11.3 Å². The van der Waals surface area contributed by atoms with Crippen LogP contribution in [-0.4, -0.2) is 28.1 Å². The van der Waals surface area contributed by atoms with E-state index in [1.165, 1.54) is 11.3 Å². The molecule has 0 unspecified atom stereocenters. The highest BCUT2D eigenvalue weighted by Crippen LogP contribution is 2.39. The number of thiazole rings is 1. The minimum absolute atomic E-state index is 0.117. The number of amides is 1. The van der Waals surface area contributed by atoms with Crippen LogP contribution in [0, 0.1) is 5.41 Å². The van der Waals surface area contributed by atoms with Crippen LogP contribution in [0.2, 0.25) is 0 Å². The monoisotopic (exact) mass is 297 g/mol. The molecule has 1 fully saturated rings. The molecule has 0 atom stereocenters. The summed E-state index contributed by atoms with van der Waals surface area (Å²) in [5, 5.41) is 15.5. The van der Waals surface area contributed by atoms with Crippen molar-refractivity contribution in [1.82, 2.24) is 10.3 Å². The smallest absolute Gasteiger partial charge is 0.226 e. The second kappa shape index (κ2) is 5.69. The van der Waals surface area contributed by atoms with Crippen molar-refractivity contribution in [1.29, 1.82) is 0 Å². The summed E-state index contributed by atoms with van der Waals surface area (Å²) in [5.41, 5.74) is 5.75. The average molecular weight is 297 g/mol. The van der Waals surface area contributed by atoms with Gasteiger partial charge in [0.2, 0.25) is 5.91 Å². The number of nitrogens with two attached hydrogens (primary N) is 1. The standard InChI is InChI=1S/C14H23N3O2S/c1-13(2)3-5-14(19,6-4-13)9-16-11(18)7-10-8-20-12(15)17-10/h8,19H,3-7,9H2,1-2H3,(H2,15,17)(H,16,18). The van der Waals surface area contributed by atoms with Crippen molar-refractivity contribution in [2.45, 2.75) is 51.6 Å². The van der Waals surface area contributed by atoms with Gasteiger partial charge in [-0.25, -0.2) is 4.98 Å². The Bertz CT molecular complexity index is 475. The number of nitrogens with zero attached hydrogens (tertiary/aromatic N) is 1. The molecule has 1 aromatic rings. The van der Waals surface area contributed by atoms with Gasteiger partial charge >= 0.3 is 0 Å². The summed E-state index contributed by atoms with van der Waals surface area (Å²) in [6.07, 6.45) is 3.67. The van der Waals surface area contributed by atoms with E-state index in [-0.39, 0.29) is 12.3 Å². The molecule has 20 heavy (non-hydrogen) atoms. The zero-order chi connectivity index (χ0) is 14.8. The first-order chi connectivity index (χ1) is 9.28. The van der Waals surface area contributed by atoms with Crippen LogP contribution in [-0.2, 0) is 11.2 Å². The van der Waals surface area contributed by atoms with Crippen molar-refractivity contribution in [3.8, 4) is 0 Å². The third-order valence-corrected chi connectivity index (χ3v) is 4.78. The van der Waals surface area contributed by atoms with Crippen molar-refractivity contribution in [2.75, 3.05) is 12.3 Å². The number of rotatable bonds is 4. The van der Waals surface area contributed by atoms with Crippen LogP contribution in [0.15, 0.2) is 5.38 Å². The van der Waals surface area contributed by atoms with E-state index in [0.29, 0.717) is 22.8 Å². The van der Waals surface area contributed by atoms with Crippen LogP contribution >= 0.6 is 11.3 Å². The quantitative estimate of drug-likeness (QED) is 0.789. The Kier molecular flexibility index (Phi) is 4.34. The van der Waals surface area contributed by atoms with Gasteiger partial charge in [0.1, 0.15) is 0 Å². The largest absolute Gasteiger partial charge is 0.388 e. The normalized spacial score (nSPS) is 20.6. The van der Waals surface area contributed by atoms with Crippen LogP contribution < -0.4 is 11.1 Å². The number of aliphatic hydroxyl groups is 1. The fourth-order valence-electron chi connectivity index (χ4n) is 2.46. The summed E-state index contributed by atoms with van der Waals surface area (Å²) in [7, 11) is 0. The van der Waals surface area contributed by atoms with E-state index in [0.717, 1.165) is 25.7 Å². The molecule has 0 bridgehead atoms. The molecular weight excluding hydrogens is 274 g/mol. The van der Waals surface area contributed by atoms with Gasteiger partial charge in [0.05, 0.1) is 17.7 Å². The molecule has 5 nitrogen and oxygen atoms in total. The first kappa shape index (κ1) is 15.3. The maximum Gasteiger partial charge on any atom is 0.226 e. The highest BCUT2D eigenvalue weighted by Gasteiger charge is 2.36. The van der Waals surface area contributed by atoms with Crippen LogP contribution in [0.1, 0.15) is 45.2 Å². The second-order valence-electron chi connectivity index (χ2n) is 6.52. The van der Waals surface area contributed by atoms with Crippen molar-refractivity contribution in [2.24, 2.45) is 5.41 Å². The molecular formula is C14H23N3O2S. The highest BCUT2D eigenvalue weighted by molar-refractivity contribution is 7.13. The van der Waals surface area contributed by atoms with E-state index in [2.05, 4.69) is 24.1 Å². The Hall–Kier alpha value is -1.14. The fraction of sp³-hybridized carbons (Fsp3) is 0.714. The molecule has 2 rings (SSSR count). The lowest BCUT2D eigenvalue weighted by Crippen LogP contribution is -2.46. The number of nitrogens with one attached hydrogen (secondary N) is 1. The summed E-state index contributed by atoms with van der Waals surface area (Å²) in [6, 6.07) is 0. The topological polar surface area (TPSA) is 88.2 Å². The SMILES string of the molecule is CC1(C)CCC(O)(CNC(=O)Cc2csc(N)n2)CC1. The van der Waals surface area contributed by atoms with E-state index < -0.39 is 5.60 Å². The molecule has 1 aliphatic carbocycles. The summed E-state index contributed by atoms with van der Waals surface area (Å²) in [4.78, 5) is 15.9. The fourth-order valence-corrected chi connectivity index (χ4v) is 3.03. The molecule has 0 saturated heterocycles. The van der Waals surface area contributed by atoms with E-state index in [9.17, 15) is 9.90 Å². The lowest BCUT2D eigenvalue weighted by molar-refractivity contribution is -0.122. The van der Waals surface area contributed by atoms with E-state index in [4.69, 9.17) is 5.73 Å². The van der Waals surface area contributed by atoms with Crippen LogP contribution in [0.5, 0.6) is 0 Å². The zero-order valence-corrected chi connectivity index (χ0v) is 12.9. The molecule has 112 valence electrons. The number of hydrogen-bond acceptors (Lipinski definition) is 5. The predicted molar refractivity (Wildman–Crippen MR) is 80.4 cm³/mol. The van der Waals surface area contributed by atoms with Crippen molar-refractivity contribution < 1.29 is 9.90 Å². The summed E-state index contributed by atoms with van der Waals surface area (Å²) >= 11 is 1.33. The highest BCUT2D eigenvalue weighted by atomic mass is 32.1. The van der Waals surface area contributed by atoms with Crippen LogP contribution in [0.3, 0.4) is 0 Å². The first-order valence-electron chi connectivity index (χ1n) is 6.97. The molecule has 1 amide bonds. The Morgan fingerprint density at radius 1 is 1.45 bits per heavy atom. The van der Waals surface area contributed by atoms with Crippen molar-refractivity contribution in [3.63, 3.8) is 0 Å². The molecule has 6 heteroatoms. The predicted octanol–water partition coefficient (Wildman–Crippen LogP) is 1.72. The first-order valence-corrected chi connectivity index (χ1v) is 7.85. The number of anilines is 1. The molecule has 0 spiro atoms. The van der Waals surface area contributed by atoms with Gasteiger partial charge in [-0.1, -0.05) is 13.8 Å². The molecule has 1 aromatic heterocycles. The van der Waals surface area contributed by atoms with E-state index in [1.807, 2.05) is 0 Å². The Labute approximate surface area is 123 Å². The molecule has 4 N–H and O–H groups in total. The summed E-state index contributed by atoms with van der Waals surface area (Å²) in [6.45, 7) is 4.76. The van der Waals surface area contributed by atoms with Gasteiger partial charge < -0.3 is 16.2 Å². The van der Waals surface area contributed by atoms with Gasteiger partial charge in [0.15, 0.2) is 5.13 Å². The maximum atomic E-state index is 11.8. The minimum Gasteiger partial charge on any atom is -0.388 e. The van der Waals surface area contributed by atoms with Crippen LogP contribution in [0.25, 0.3) is 0 Å². The Morgan fingerprint density at radius 2 is 2.10 bits per heavy atom. The number of carbonyl (C=O) groups excluding carboxylic acids is 1. The van der Waals surface area contributed by atoms with E-state index in [1.54, 1.807) is 5.38 Å². The van der Waals surface area contributed by atoms with E-state index >= 15 is 0 Å². The second-order valence-corrected chi connectivity index (χ2v) is 7.41. The summed E-state index contributed by atoms with van der Waals surface area (Å²) in [5.74, 6) is -0.117. The molecule has 0 aromatic carbocycles. The van der Waals surface area contributed by atoms with Gasteiger partial charge in [0.25, 0.3) is 0 Å². The minimum atomic E-state index is -0.758. The van der Waals surface area contributed by atoms with Gasteiger partial charge in [0, 0.05) is 11.9 Å². The average Bonchev–Trinajstić information content (AvgIpc) is 2.77. The number of nitrogen functional groups attached to an aromatic ring is 1. The number of aromatic nitrogens is 1. The molecule has 1 aliphatic rings. The van der Waals surface area contributed by atoms with Gasteiger partial charge in [-0.3, -0.25) is 4.79 Å². The van der Waals surface area contributed by atoms with Crippen LogP contribution in [0.4, 0.5) is 5.13 Å². The van der Waals surface area contributed by atoms with Gasteiger partial charge in [-0.05, 0) is 31.1 Å². The Balaban J connectivity index is 1.78. The van der Waals surface area contributed by atoms with Crippen molar-refractivity contribution >= 4 is 22.4 Å². The Morgan fingerprint density at radius 3 is 2.65 bits per heavy atom. The van der Waals surface area contributed by atoms with Gasteiger partial charge in [-0.2, -0.15) is 0 Å². The molecule has 1 saturated carbocycles. The molecule has 1 heterocycles. The summed E-state index contributed by atoms with van der Waals surface area (Å²) < 4.78 is 0. The third kappa shape index (κ3) is 4.18. The lowest BCUT2D eigenvalue weighted by atomic mass is 9.71. The molecule has 0 aliphatic heterocycles.